The van der Waals surface area contributed by atoms with Crippen molar-refractivity contribution < 1.29 is 44.5 Å². The second-order valence-corrected chi connectivity index (χ2v) is 8.21. The molecule has 34 heavy (non-hydrogen) atoms. The molecule has 0 aliphatic carbocycles. The third-order valence-corrected chi connectivity index (χ3v) is 5.34. The molecule has 0 aromatic carbocycles. The van der Waals surface area contributed by atoms with E-state index >= 15 is 0 Å². The van der Waals surface area contributed by atoms with Crippen molar-refractivity contribution in [2.45, 2.75) is 95.1 Å². The average molecular weight is 487 g/mol. The Bertz CT molecular complexity index is 618. The van der Waals surface area contributed by atoms with Gasteiger partial charge in [0.05, 0.1) is 13.2 Å². The van der Waals surface area contributed by atoms with Crippen molar-refractivity contribution in [1.29, 1.82) is 0 Å². The van der Waals surface area contributed by atoms with Gasteiger partial charge in [0.1, 0.15) is 37.1 Å². The molecule has 0 amide bonds. The van der Waals surface area contributed by atoms with E-state index < -0.39 is 56.0 Å². The summed E-state index contributed by atoms with van der Waals surface area (Å²) in [5.74, 6) is -0.423. The Morgan fingerprint density at radius 2 is 1.59 bits per heavy atom. The number of esters is 1. The molecule has 1 heterocycles. The standard InChI is InChI=1S/C25H42O9/c1-2-3-4-5-6-7-8-9-10-11-12-13-14-15-21(28)32-18-19(16-26)33-25-24(31)23(30)22(29)20(17-27)34-25/h3-4,6-7,9-10,19-20,22-27,29-31H,2,5,8,11-18H2,1H3. The van der Waals surface area contributed by atoms with Gasteiger partial charge < -0.3 is 39.7 Å². The highest BCUT2D eigenvalue weighted by Crippen LogP contribution is 2.23. The van der Waals surface area contributed by atoms with Crippen LogP contribution >= 0.6 is 0 Å². The van der Waals surface area contributed by atoms with Crippen LogP contribution in [-0.2, 0) is 19.0 Å². The molecule has 9 nitrogen and oxygen atoms in total. The summed E-state index contributed by atoms with van der Waals surface area (Å²) < 4.78 is 15.7. The van der Waals surface area contributed by atoms with E-state index in [4.69, 9.17) is 14.2 Å². The Labute approximate surface area is 202 Å². The molecule has 0 spiro atoms. The fraction of sp³-hybridized carbons (Fsp3) is 0.720. The van der Waals surface area contributed by atoms with Crippen LogP contribution in [0.1, 0.15) is 58.3 Å². The van der Waals surface area contributed by atoms with E-state index in [0.717, 1.165) is 38.5 Å². The molecule has 1 aliphatic rings. The predicted molar refractivity (Wildman–Crippen MR) is 127 cm³/mol. The number of hydrogen-bond donors (Lipinski definition) is 5. The summed E-state index contributed by atoms with van der Waals surface area (Å²) in [6.07, 6.45) is 11.4. The molecule has 1 aliphatic heterocycles. The molecule has 0 saturated carbocycles. The van der Waals surface area contributed by atoms with Crippen LogP contribution in [0.5, 0.6) is 0 Å². The fourth-order valence-electron chi connectivity index (χ4n) is 3.30. The van der Waals surface area contributed by atoms with Crippen molar-refractivity contribution >= 4 is 5.97 Å². The van der Waals surface area contributed by atoms with Crippen LogP contribution in [0.4, 0.5) is 0 Å². The van der Waals surface area contributed by atoms with Crippen LogP contribution in [-0.4, -0.2) is 88.1 Å². The third-order valence-electron chi connectivity index (χ3n) is 5.34. The van der Waals surface area contributed by atoms with E-state index in [0.29, 0.717) is 6.42 Å². The topological polar surface area (TPSA) is 146 Å². The highest BCUT2D eigenvalue weighted by Gasteiger charge is 2.44. The molecule has 5 N–H and O–H groups in total. The van der Waals surface area contributed by atoms with Gasteiger partial charge in [-0.25, -0.2) is 0 Å². The van der Waals surface area contributed by atoms with E-state index in [1.165, 1.54) is 0 Å². The highest BCUT2D eigenvalue weighted by molar-refractivity contribution is 5.69. The first-order valence-corrected chi connectivity index (χ1v) is 12.1. The van der Waals surface area contributed by atoms with Crippen LogP contribution < -0.4 is 0 Å². The smallest absolute Gasteiger partial charge is 0.305 e. The summed E-state index contributed by atoms with van der Waals surface area (Å²) in [6, 6.07) is 0. The Morgan fingerprint density at radius 3 is 2.24 bits per heavy atom. The molecular weight excluding hydrogens is 444 g/mol. The molecule has 1 rings (SSSR count). The normalized spacial score (nSPS) is 26.6. The summed E-state index contributed by atoms with van der Waals surface area (Å²) in [5, 5.41) is 48.2. The summed E-state index contributed by atoms with van der Waals surface area (Å²) in [7, 11) is 0. The van der Waals surface area contributed by atoms with Crippen LogP contribution in [0.25, 0.3) is 0 Å². The van der Waals surface area contributed by atoms with Gasteiger partial charge in [0, 0.05) is 6.42 Å². The van der Waals surface area contributed by atoms with Crippen molar-refractivity contribution in [3.8, 4) is 0 Å². The zero-order chi connectivity index (χ0) is 25.2. The van der Waals surface area contributed by atoms with Crippen LogP contribution in [0, 0.1) is 0 Å². The zero-order valence-electron chi connectivity index (χ0n) is 20.1. The van der Waals surface area contributed by atoms with Gasteiger partial charge in [0.25, 0.3) is 0 Å². The first-order chi connectivity index (χ1) is 16.4. The van der Waals surface area contributed by atoms with E-state index in [1.54, 1.807) is 0 Å². The molecule has 0 aromatic heterocycles. The Balaban J connectivity index is 2.17. The Morgan fingerprint density at radius 1 is 0.912 bits per heavy atom. The third kappa shape index (κ3) is 12.2. The van der Waals surface area contributed by atoms with Crippen LogP contribution in [0.3, 0.4) is 0 Å². The molecule has 6 unspecified atom stereocenters. The first kappa shape index (κ1) is 30.4. The molecule has 0 aromatic rings. The van der Waals surface area contributed by atoms with Crippen LogP contribution in [0.15, 0.2) is 36.5 Å². The number of rotatable bonds is 17. The Hall–Kier alpha value is -1.59. The van der Waals surface area contributed by atoms with Crippen molar-refractivity contribution in [3.63, 3.8) is 0 Å². The van der Waals surface area contributed by atoms with Gasteiger partial charge in [-0.1, -0.05) is 49.8 Å². The lowest BCUT2D eigenvalue weighted by molar-refractivity contribution is -0.315. The molecular formula is C25H42O9. The van der Waals surface area contributed by atoms with Gasteiger partial charge in [-0.2, -0.15) is 0 Å². The van der Waals surface area contributed by atoms with Crippen molar-refractivity contribution in [1.82, 2.24) is 0 Å². The number of aliphatic hydroxyl groups is 5. The minimum absolute atomic E-state index is 0.246. The number of aliphatic hydroxyl groups excluding tert-OH is 5. The monoisotopic (exact) mass is 486 g/mol. The average Bonchev–Trinajstić information content (AvgIpc) is 2.84. The predicted octanol–water partition coefficient (Wildman–Crippen LogP) is 1.52. The molecule has 196 valence electrons. The number of carbonyl (C=O) groups is 1. The van der Waals surface area contributed by atoms with Gasteiger partial charge >= 0.3 is 5.97 Å². The van der Waals surface area contributed by atoms with E-state index in [-0.39, 0.29) is 13.0 Å². The van der Waals surface area contributed by atoms with Gasteiger partial charge in [-0.3, -0.25) is 4.79 Å². The minimum atomic E-state index is -1.59. The van der Waals surface area contributed by atoms with Crippen molar-refractivity contribution in [3.05, 3.63) is 36.5 Å². The van der Waals surface area contributed by atoms with E-state index in [9.17, 15) is 30.3 Å². The van der Waals surface area contributed by atoms with Crippen molar-refractivity contribution in [2.24, 2.45) is 0 Å². The second-order valence-electron chi connectivity index (χ2n) is 8.21. The van der Waals surface area contributed by atoms with Crippen LogP contribution in [0.2, 0.25) is 0 Å². The van der Waals surface area contributed by atoms with Gasteiger partial charge in [-0.05, 0) is 38.5 Å². The summed E-state index contributed by atoms with van der Waals surface area (Å²) >= 11 is 0. The maximum absolute atomic E-state index is 11.9. The molecule has 1 fully saturated rings. The summed E-state index contributed by atoms with van der Waals surface area (Å²) in [5.41, 5.74) is 0. The Kier molecular flexibility index (Phi) is 16.7. The molecule has 6 atom stereocenters. The first-order valence-electron chi connectivity index (χ1n) is 12.1. The maximum Gasteiger partial charge on any atom is 0.305 e. The van der Waals surface area contributed by atoms with Gasteiger partial charge in [-0.15, -0.1) is 0 Å². The van der Waals surface area contributed by atoms with Gasteiger partial charge in [0.15, 0.2) is 6.29 Å². The molecule has 9 heteroatoms. The number of carbonyl (C=O) groups excluding carboxylic acids is 1. The second kappa shape index (κ2) is 18.7. The number of allylic oxidation sites excluding steroid dienone is 6. The van der Waals surface area contributed by atoms with E-state index in [2.05, 4.69) is 43.4 Å². The number of hydrogen-bond acceptors (Lipinski definition) is 9. The quantitative estimate of drug-likeness (QED) is 0.117. The van der Waals surface area contributed by atoms with Crippen molar-refractivity contribution in [2.75, 3.05) is 19.8 Å². The molecule has 0 radical (unpaired) electrons. The number of unbranched alkanes of at least 4 members (excludes halogenated alkanes) is 3. The molecule has 0 bridgehead atoms. The lowest BCUT2D eigenvalue weighted by Gasteiger charge is -2.40. The maximum atomic E-state index is 11.9. The molecule has 1 saturated heterocycles. The summed E-state index contributed by atoms with van der Waals surface area (Å²) in [4.78, 5) is 11.9. The summed E-state index contributed by atoms with van der Waals surface area (Å²) in [6.45, 7) is 0.756. The van der Waals surface area contributed by atoms with Gasteiger partial charge in [0.2, 0.25) is 0 Å². The fourth-order valence-corrected chi connectivity index (χ4v) is 3.30. The van der Waals surface area contributed by atoms with E-state index in [1.807, 2.05) is 0 Å². The minimum Gasteiger partial charge on any atom is -0.463 e. The lowest BCUT2D eigenvalue weighted by Crippen LogP contribution is -2.60. The largest absolute Gasteiger partial charge is 0.463 e. The highest BCUT2D eigenvalue weighted by atomic mass is 16.7. The number of ether oxygens (including phenoxy) is 3. The lowest BCUT2D eigenvalue weighted by atomic mass is 9.99. The SMILES string of the molecule is CCC=CCC=CCC=CCCCCCC(=O)OCC(CO)OC1OC(CO)C(O)C(O)C1O. The zero-order valence-corrected chi connectivity index (χ0v) is 20.1.